The summed E-state index contributed by atoms with van der Waals surface area (Å²) in [6.45, 7) is 3.09. The molecule has 0 aliphatic heterocycles. The maximum absolute atomic E-state index is 13.9. The normalized spacial score (nSPS) is 19.0. The van der Waals surface area contributed by atoms with Crippen LogP contribution in [0.4, 0.5) is 8.78 Å². The van der Waals surface area contributed by atoms with Crippen molar-refractivity contribution in [1.82, 2.24) is 25.0 Å². The molecule has 3 rings (SSSR count). The lowest BCUT2D eigenvalue weighted by atomic mass is 10.1. The van der Waals surface area contributed by atoms with Crippen LogP contribution in [0.2, 0.25) is 0 Å². The molecular formula is C17H23F2IN6. The zero-order valence-electron chi connectivity index (χ0n) is 15.0. The number of nitrogens with one attached hydrogen (secondary N) is 1. The Balaban J connectivity index is 0.00000243. The van der Waals surface area contributed by atoms with Gasteiger partial charge in [-0.3, -0.25) is 9.67 Å². The number of halogens is 3. The van der Waals surface area contributed by atoms with Gasteiger partial charge in [-0.2, -0.15) is 5.10 Å². The molecule has 1 aliphatic rings. The minimum Gasteiger partial charge on any atom is -0.353 e. The van der Waals surface area contributed by atoms with Crippen molar-refractivity contribution in [3.05, 3.63) is 47.5 Å². The largest absolute Gasteiger partial charge is 0.353 e. The number of hydrogen-bond donors (Lipinski definition) is 1. The van der Waals surface area contributed by atoms with Gasteiger partial charge in [0.05, 0.1) is 6.54 Å². The lowest BCUT2D eigenvalue weighted by Crippen LogP contribution is -2.40. The van der Waals surface area contributed by atoms with Gasteiger partial charge >= 0.3 is 0 Å². The molecule has 1 N–H and O–H groups in total. The van der Waals surface area contributed by atoms with Crippen molar-refractivity contribution in [2.24, 2.45) is 12.0 Å². The molecule has 0 bridgehead atoms. The summed E-state index contributed by atoms with van der Waals surface area (Å²) in [7, 11) is 3.73. The Morgan fingerprint density at radius 3 is 2.65 bits per heavy atom. The molecule has 0 saturated heterocycles. The molecule has 1 saturated carbocycles. The van der Waals surface area contributed by atoms with Gasteiger partial charge in [0.25, 0.3) is 0 Å². The van der Waals surface area contributed by atoms with Crippen LogP contribution in [0.3, 0.4) is 0 Å². The maximum atomic E-state index is 13.9. The molecule has 1 aromatic carbocycles. The molecule has 9 heteroatoms. The van der Waals surface area contributed by atoms with Gasteiger partial charge in [-0.1, -0.05) is 6.07 Å². The van der Waals surface area contributed by atoms with Crippen molar-refractivity contribution < 1.29 is 8.78 Å². The fourth-order valence-corrected chi connectivity index (χ4v) is 2.88. The van der Waals surface area contributed by atoms with Crippen LogP contribution >= 0.6 is 24.0 Å². The molecule has 26 heavy (non-hydrogen) atoms. The second-order valence-electron chi connectivity index (χ2n) is 6.18. The maximum Gasteiger partial charge on any atom is 0.194 e. The molecule has 142 valence electrons. The van der Waals surface area contributed by atoms with Gasteiger partial charge in [-0.05, 0) is 25.5 Å². The highest BCUT2D eigenvalue weighted by molar-refractivity contribution is 14.0. The number of hydrogen-bond acceptors (Lipinski definition) is 3. The zero-order chi connectivity index (χ0) is 18.0. The van der Waals surface area contributed by atoms with Crippen LogP contribution in [0.5, 0.6) is 0 Å². The summed E-state index contributed by atoms with van der Waals surface area (Å²) in [6, 6.07) is 3.96. The quantitative estimate of drug-likeness (QED) is 0.410. The van der Waals surface area contributed by atoms with Crippen molar-refractivity contribution >= 4 is 29.9 Å². The Morgan fingerprint density at radius 2 is 2.08 bits per heavy atom. The van der Waals surface area contributed by atoms with Crippen LogP contribution in [-0.4, -0.2) is 45.3 Å². The number of aryl methyl sites for hydroxylation is 1. The minimum absolute atomic E-state index is 0. The van der Waals surface area contributed by atoms with E-state index in [2.05, 4.69) is 20.4 Å². The number of guanidine groups is 1. The van der Waals surface area contributed by atoms with Crippen molar-refractivity contribution in [3.8, 4) is 0 Å². The van der Waals surface area contributed by atoms with Gasteiger partial charge in [-0.15, -0.1) is 24.0 Å². The van der Waals surface area contributed by atoms with Crippen molar-refractivity contribution in [2.75, 3.05) is 13.6 Å². The first-order valence-corrected chi connectivity index (χ1v) is 8.30. The smallest absolute Gasteiger partial charge is 0.194 e. The summed E-state index contributed by atoms with van der Waals surface area (Å²) in [5.74, 6) is 0.341. The molecular weight excluding hydrogens is 453 g/mol. The molecule has 0 spiro atoms. The topological polar surface area (TPSA) is 58.3 Å². The van der Waals surface area contributed by atoms with Crippen LogP contribution in [0.25, 0.3) is 0 Å². The average Bonchev–Trinajstić information content (AvgIpc) is 3.20. The Bertz CT molecular complexity index is 758. The van der Waals surface area contributed by atoms with Gasteiger partial charge in [-0.25, -0.2) is 13.8 Å². The van der Waals surface area contributed by atoms with Crippen LogP contribution in [-0.2, 0) is 13.6 Å². The third-order valence-electron chi connectivity index (χ3n) is 4.33. The van der Waals surface area contributed by atoms with Crippen molar-refractivity contribution in [2.45, 2.75) is 31.8 Å². The first-order valence-electron chi connectivity index (χ1n) is 8.30. The third kappa shape index (κ3) is 4.49. The molecule has 6 nitrogen and oxygen atoms in total. The van der Waals surface area contributed by atoms with Gasteiger partial charge in [0.2, 0.25) is 0 Å². The summed E-state index contributed by atoms with van der Waals surface area (Å²) in [4.78, 5) is 10.6. The number of aromatic nitrogens is 3. The van der Waals surface area contributed by atoms with Gasteiger partial charge in [0, 0.05) is 38.2 Å². The SMILES string of the molecule is CCN=C(NC1CC1c1c(F)cccc1F)N(C)Cc1ncnn1C.I. The van der Waals surface area contributed by atoms with E-state index < -0.39 is 11.6 Å². The second-order valence-corrected chi connectivity index (χ2v) is 6.18. The lowest BCUT2D eigenvalue weighted by Gasteiger charge is -2.22. The average molecular weight is 476 g/mol. The molecule has 0 amide bonds. The van der Waals surface area contributed by atoms with Crippen molar-refractivity contribution in [3.63, 3.8) is 0 Å². The van der Waals surface area contributed by atoms with E-state index in [0.29, 0.717) is 25.5 Å². The fourth-order valence-electron chi connectivity index (χ4n) is 2.88. The standard InChI is InChI=1S/C17H22F2N6.HI/c1-4-20-17(24(2)9-15-21-10-22-25(15)3)23-14-8-11(14)16-12(18)6-5-7-13(16)19;/h5-7,10-11,14H,4,8-9H2,1-3H3,(H,20,23);1H. The Morgan fingerprint density at radius 1 is 1.38 bits per heavy atom. The predicted molar refractivity (Wildman–Crippen MR) is 107 cm³/mol. The summed E-state index contributed by atoms with van der Waals surface area (Å²) in [5.41, 5.74) is 0.159. The lowest BCUT2D eigenvalue weighted by molar-refractivity contribution is 0.446. The van der Waals surface area contributed by atoms with Gasteiger partial charge in [0.15, 0.2) is 5.96 Å². The van der Waals surface area contributed by atoms with Crippen LogP contribution in [0, 0.1) is 11.6 Å². The Kier molecular flexibility index (Phi) is 6.90. The number of rotatable bonds is 5. The molecule has 1 heterocycles. The molecule has 1 aromatic heterocycles. The summed E-state index contributed by atoms with van der Waals surface area (Å²) >= 11 is 0. The van der Waals surface area contributed by atoms with E-state index in [-0.39, 0.29) is 41.5 Å². The van der Waals surface area contributed by atoms with E-state index in [0.717, 1.165) is 5.82 Å². The summed E-state index contributed by atoms with van der Waals surface area (Å²) in [5, 5.41) is 7.37. The predicted octanol–water partition coefficient (Wildman–Crippen LogP) is 2.66. The van der Waals surface area contributed by atoms with Crippen LogP contribution < -0.4 is 5.32 Å². The minimum atomic E-state index is -0.490. The molecule has 2 atom stereocenters. The van der Waals surface area contributed by atoms with Crippen molar-refractivity contribution in [1.29, 1.82) is 0 Å². The molecule has 1 fully saturated rings. The van der Waals surface area contributed by atoms with E-state index in [1.54, 1.807) is 4.68 Å². The monoisotopic (exact) mass is 476 g/mol. The summed E-state index contributed by atoms with van der Waals surface area (Å²) < 4.78 is 29.6. The molecule has 0 radical (unpaired) electrons. The third-order valence-corrected chi connectivity index (χ3v) is 4.33. The second kappa shape index (κ2) is 8.74. The fraction of sp³-hybridized carbons (Fsp3) is 0.471. The molecule has 2 aromatic rings. The Labute approximate surface area is 168 Å². The van der Waals surface area contributed by atoms with Gasteiger partial charge < -0.3 is 10.2 Å². The van der Waals surface area contributed by atoms with Crippen LogP contribution in [0.1, 0.15) is 30.7 Å². The first-order chi connectivity index (χ1) is 12.0. The first kappa shape index (κ1) is 20.5. The molecule has 2 unspecified atom stereocenters. The number of aliphatic imine (C=N–C) groups is 1. The van der Waals surface area contributed by atoms with Gasteiger partial charge in [0.1, 0.15) is 23.8 Å². The highest BCUT2D eigenvalue weighted by Crippen LogP contribution is 2.43. The van der Waals surface area contributed by atoms with E-state index in [4.69, 9.17) is 0 Å². The highest BCUT2D eigenvalue weighted by Gasteiger charge is 2.42. The van der Waals surface area contributed by atoms with E-state index in [1.807, 2.05) is 25.9 Å². The van der Waals surface area contributed by atoms with Crippen LogP contribution in [0.15, 0.2) is 29.5 Å². The molecule has 1 aliphatic carbocycles. The van der Waals surface area contributed by atoms with E-state index in [1.165, 1.54) is 24.5 Å². The summed E-state index contributed by atoms with van der Waals surface area (Å²) in [6.07, 6.45) is 2.18. The van der Waals surface area contributed by atoms with E-state index >= 15 is 0 Å². The number of benzene rings is 1. The zero-order valence-corrected chi connectivity index (χ0v) is 17.3. The van der Waals surface area contributed by atoms with E-state index in [9.17, 15) is 8.78 Å². The number of nitrogens with zero attached hydrogens (tertiary/aromatic N) is 5. The highest BCUT2D eigenvalue weighted by atomic mass is 127. The Hall–Kier alpha value is -1.78.